The van der Waals surface area contributed by atoms with Crippen LogP contribution in [0.15, 0.2) is 18.2 Å². The largest absolute Gasteiger partial charge is 0.379 e. The summed E-state index contributed by atoms with van der Waals surface area (Å²) in [5, 5.41) is 12.5. The second-order valence-electron chi connectivity index (χ2n) is 4.43. The highest BCUT2D eigenvalue weighted by molar-refractivity contribution is 6.32. The first-order valence-electron chi connectivity index (χ1n) is 5.11. The fourth-order valence-electron chi connectivity index (χ4n) is 1.59. The van der Waals surface area contributed by atoms with Crippen molar-refractivity contribution < 1.29 is 4.79 Å². The summed E-state index contributed by atoms with van der Waals surface area (Å²) in [6, 6.07) is 7.16. The normalized spacial score (nSPS) is 10.7. The third kappa shape index (κ3) is 3.65. The minimum atomic E-state index is -0.526. The maximum Gasteiger partial charge on any atom is 0.219 e. The maximum absolute atomic E-state index is 10.9. The number of hydrogen-bond acceptors (Lipinski definition) is 3. The second-order valence-corrected chi connectivity index (χ2v) is 4.83. The number of anilines is 1. The van der Waals surface area contributed by atoms with Crippen molar-refractivity contribution in [3.8, 4) is 6.07 Å². The number of halogens is 1. The van der Waals surface area contributed by atoms with Gasteiger partial charge in [-0.2, -0.15) is 5.26 Å². The highest BCUT2D eigenvalue weighted by Crippen LogP contribution is 2.26. The van der Waals surface area contributed by atoms with Crippen molar-refractivity contribution in [2.24, 2.45) is 5.73 Å². The Morgan fingerprint density at radius 1 is 1.59 bits per heavy atom. The molecule has 3 N–H and O–H groups in total. The summed E-state index contributed by atoms with van der Waals surface area (Å²) in [6.45, 7) is 3.67. The number of carbonyl (C=O) groups excluding carboxylic acids is 1. The van der Waals surface area contributed by atoms with Crippen LogP contribution in [-0.4, -0.2) is 11.4 Å². The Labute approximate surface area is 105 Å². The van der Waals surface area contributed by atoms with Crippen molar-refractivity contribution in [1.82, 2.24) is 0 Å². The van der Waals surface area contributed by atoms with E-state index in [9.17, 15) is 4.79 Å². The summed E-state index contributed by atoms with van der Waals surface area (Å²) in [5.41, 5.74) is 5.61. The summed E-state index contributed by atoms with van der Waals surface area (Å²) < 4.78 is 0. The molecule has 0 radical (unpaired) electrons. The molecule has 0 aliphatic carbocycles. The Bertz CT molecular complexity index is 477. The molecule has 0 saturated carbocycles. The van der Waals surface area contributed by atoms with E-state index in [-0.39, 0.29) is 6.42 Å². The lowest BCUT2D eigenvalue weighted by Gasteiger charge is -2.26. The van der Waals surface area contributed by atoms with Crippen LogP contribution in [0.3, 0.4) is 0 Å². The van der Waals surface area contributed by atoms with E-state index in [1.54, 1.807) is 18.2 Å². The zero-order valence-corrected chi connectivity index (χ0v) is 10.5. The predicted octanol–water partition coefficient (Wildman–Crippen LogP) is 2.28. The van der Waals surface area contributed by atoms with Crippen LogP contribution in [0.1, 0.15) is 25.8 Å². The first-order valence-corrected chi connectivity index (χ1v) is 5.48. The van der Waals surface area contributed by atoms with E-state index < -0.39 is 11.4 Å². The lowest BCUT2D eigenvalue weighted by atomic mass is 9.99. The molecule has 0 saturated heterocycles. The average molecular weight is 252 g/mol. The third-order valence-corrected chi connectivity index (χ3v) is 2.53. The van der Waals surface area contributed by atoms with Crippen LogP contribution in [0.25, 0.3) is 0 Å². The van der Waals surface area contributed by atoms with Gasteiger partial charge in [-0.15, -0.1) is 0 Å². The Balaban J connectivity index is 3.00. The highest BCUT2D eigenvalue weighted by Gasteiger charge is 2.21. The number of hydrogen-bond donors (Lipinski definition) is 2. The van der Waals surface area contributed by atoms with Crippen molar-refractivity contribution in [3.63, 3.8) is 0 Å². The molecule has 0 heterocycles. The van der Waals surface area contributed by atoms with E-state index >= 15 is 0 Å². The van der Waals surface area contributed by atoms with Gasteiger partial charge in [-0.05, 0) is 26.0 Å². The van der Waals surface area contributed by atoms with E-state index in [4.69, 9.17) is 22.6 Å². The topological polar surface area (TPSA) is 78.9 Å². The van der Waals surface area contributed by atoms with Crippen molar-refractivity contribution in [1.29, 1.82) is 5.26 Å². The number of primary amides is 1. The van der Waals surface area contributed by atoms with Gasteiger partial charge in [0.15, 0.2) is 0 Å². The van der Waals surface area contributed by atoms with Crippen LogP contribution >= 0.6 is 11.6 Å². The lowest BCUT2D eigenvalue weighted by molar-refractivity contribution is -0.118. The number of carbonyl (C=O) groups is 1. The molecule has 5 heteroatoms. The van der Waals surface area contributed by atoms with Crippen molar-refractivity contribution in [3.05, 3.63) is 28.8 Å². The molecule has 4 nitrogen and oxygen atoms in total. The molecule has 1 aromatic carbocycles. The van der Waals surface area contributed by atoms with Gasteiger partial charge in [-0.1, -0.05) is 17.7 Å². The number of nitrogens with one attached hydrogen (secondary N) is 1. The maximum atomic E-state index is 10.9. The summed E-state index contributed by atoms with van der Waals surface area (Å²) in [5.74, 6) is -0.400. The fraction of sp³-hybridized carbons (Fsp3) is 0.333. The first kappa shape index (κ1) is 13.3. The average Bonchev–Trinajstić information content (AvgIpc) is 2.14. The first-order chi connectivity index (χ1) is 7.85. The monoisotopic (exact) mass is 251 g/mol. The molecule has 0 atom stereocenters. The number of nitriles is 1. The van der Waals surface area contributed by atoms with E-state index in [0.717, 1.165) is 0 Å². The molecular weight excluding hydrogens is 238 g/mol. The lowest BCUT2D eigenvalue weighted by Crippen LogP contribution is -2.36. The fourth-order valence-corrected chi connectivity index (χ4v) is 1.80. The van der Waals surface area contributed by atoms with Gasteiger partial charge in [-0.3, -0.25) is 4.79 Å². The molecule has 0 spiro atoms. The molecule has 0 bridgehead atoms. The van der Waals surface area contributed by atoms with E-state index in [2.05, 4.69) is 5.32 Å². The van der Waals surface area contributed by atoms with Crippen LogP contribution in [0.2, 0.25) is 5.02 Å². The van der Waals surface area contributed by atoms with Crippen LogP contribution in [-0.2, 0) is 4.79 Å². The van der Waals surface area contributed by atoms with E-state index in [1.807, 2.05) is 19.9 Å². The predicted molar refractivity (Wildman–Crippen MR) is 67.7 cm³/mol. The van der Waals surface area contributed by atoms with Crippen molar-refractivity contribution >= 4 is 23.2 Å². The summed E-state index contributed by atoms with van der Waals surface area (Å²) in [7, 11) is 0. The minimum absolute atomic E-state index is 0.171. The molecule has 0 unspecified atom stereocenters. The molecule has 1 amide bonds. The van der Waals surface area contributed by atoms with Crippen molar-refractivity contribution in [2.75, 3.05) is 5.32 Å². The standard InChI is InChI=1S/C12H14ClN3O/c1-12(2,6-11(15)17)16-10-5-3-4-9(13)8(10)7-14/h3-5,16H,6H2,1-2H3,(H2,15,17). The number of nitrogens with two attached hydrogens (primary N) is 1. The SMILES string of the molecule is CC(C)(CC(N)=O)Nc1cccc(Cl)c1C#N. The summed E-state index contributed by atoms with van der Waals surface area (Å²) in [6.07, 6.45) is 0.171. The molecule has 1 rings (SSSR count). The number of amides is 1. The quantitative estimate of drug-likeness (QED) is 0.862. The Morgan fingerprint density at radius 2 is 2.24 bits per heavy atom. The van der Waals surface area contributed by atoms with Gasteiger partial charge >= 0.3 is 0 Å². The molecule has 1 aromatic rings. The van der Waals surface area contributed by atoms with Gasteiger partial charge in [-0.25, -0.2) is 0 Å². The van der Waals surface area contributed by atoms with Gasteiger partial charge < -0.3 is 11.1 Å². The Morgan fingerprint density at radius 3 is 2.76 bits per heavy atom. The summed E-state index contributed by atoms with van der Waals surface area (Å²) >= 11 is 5.91. The molecule has 0 aliphatic rings. The van der Waals surface area contributed by atoms with Gasteiger partial charge in [0.2, 0.25) is 5.91 Å². The molecule has 90 valence electrons. The smallest absolute Gasteiger partial charge is 0.219 e. The van der Waals surface area contributed by atoms with Gasteiger partial charge in [0.25, 0.3) is 0 Å². The Kier molecular flexibility index (Phi) is 3.97. The van der Waals surface area contributed by atoms with Crippen LogP contribution in [0.4, 0.5) is 5.69 Å². The second kappa shape index (κ2) is 5.07. The molecule has 0 aliphatic heterocycles. The third-order valence-electron chi connectivity index (χ3n) is 2.21. The van der Waals surface area contributed by atoms with Crippen LogP contribution in [0.5, 0.6) is 0 Å². The van der Waals surface area contributed by atoms with Gasteiger partial charge in [0, 0.05) is 12.0 Å². The minimum Gasteiger partial charge on any atom is -0.379 e. The summed E-state index contributed by atoms with van der Waals surface area (Å²) in [4.78, 5) is 10.9. The number of nitrogens with zero attached hydrogens (tertiary/aromatic N) is 1. The van der Waals surface area contributed by atoms with Crippen molar-refractivity contribution in [2.45, 2.75) is 25.8 Å². The Hall–Kier alpha value is -1.73. The molecule has 0 fully saturated rings. The molecule has 0 aromatic heterocycles. The van der Waals surface area contributed by atoms with E-state index in [1.165, 1.54) is 0 Å². The highest BCUT2D eigenvalue weighted by atomic mass is 35.5. The molecular formula is C12H14ClN3O. The number of benzene rings is 1. The van der Waals surface area contributed by atoms with Crippen LogP contribution < -0.4 is 11.1 Å². The van der Waals surface area contributed by atoms with Gasteiger partial charge in [0.05, 0.1) is 16.3 Å². The number of rotatable bonds is 4. The molecule has 17 heavy (non-hydrogen) atoms. The zero-order valence-electron chi connectivity index (χ0n) is 9.75. The van der Waals surface area contributed by atoms with E-state index in [0.29, 0.717) is 16.3 Å². The van der Waals surface area contributed by atoms with Crippen LogP contribution in [0, 0.1) is 11.3 Å². The van der Waals surface area contributed by atoms with Gasteiger partial charge in [0.1, 0.15) is 6.07 Å². The zero-order chi connectivity index (χ0) is 13.1.